The Hall–Kier alpha value is -2.55. The SMILES string of the molecule is Cc1ccnc(N/C=C(/C#N)C(=O)Nc2ccc(Cl)c(Cl)c2)c1. The van der Waals surface area contributed by atoms with Crippen molar-refractivity contribution in [2.45, 2.75) is 6.92 Å². The van der Waals surface area contributed by atoms with E-state index in [1.54, 1.807) is 24.4 Å². The van der Waals surface area contributed by atoms with Gasteiger partial charge in [0.25, 0.3) is 5.91 Å². The van der Waals surface area contributed by atoms with Gasteiger partial charge in [-0.1, -0.05) is 23.2 Å². The first kappa shape index (κ1) is 16.8. The number of benzene rings is 1. The van der Waals surface area contributed by atoms with Gasteiger partial charge in [0.2, 0.25) is 0 Å². The van der Waals surface area contributed by atoms with Crippen molar-refractivity contribution in [1.29, 1.82) is 5.26 Å². The normalized spacial score (nSPS) is 10.8. The van der Waals surface area contributed by atoms with Crippen LogP contribution in [-0.2, 0) is 4.79 Å². The third kappa shape index (κ3) is 4.71. The van der Waals surface area contributed by atoms with E-state index in [1.807, 2.05) is 19.1 Å². The van der Waals surface area contributed by atoms with Gasteiger partial charge < -0.3 is 10.6 Å². The molecule has 0 bridgehead atoms. The highest BCUT2D eigenvalue weighted by Crippen LogP contribution is 2.25. The van der Waals surface area contributed by atoms with Gasteiger partial charge in [-0.25, -0.2) is 4.98 Å². The third-order valence-corrected chi connectivity index (χ3v) is 3.56. The minimum Gasteiger partial charge on any atom is -0.345 e. The Morgan fingerprint density at radius 2 is 2.04 bits per heavy atom. The number of hydrogen-bond acceptors (Lipinski definition) is 4. The van der Waals surface area contributed by atoms with Crippen LogP contribution in [0.1, 0.15) is 5.56 Å². The molecule has 0 atom stereocenters. The number of anilines is 2. The summed E-state index contributed by atoms with van der Waals surface area (Å²) in [5.41, 5.74) is 1.35. The van der Waals surface area contributed by atoms with Crippen LogP contribution >= 0.6 is 23.2 Å². The maximum atomic E-state index is 12.1. The van der Waals surface area contributed by atoms with E-state index >= 15 is 0 Å². The van der Waals surface area contributed by atoms with E-state index in [4.69, 9.17) is 28.5 Å². The molecule has 23 heavy (non-hydrogen) atoms. The zero-order valence-electron chi connectivity index (χ0n) is 12.1. The van der Waals surface area contributed by atoms with Gasteiger partial charge in [-0.05, 0) is 42.8 Å². The molecule has 0 aliphatic heterocycles. The first-order valence-electron chi connectivity index (χ1n) is 6.55. The van der Waals surface area contributed by atoms with Crippen LogP contribution in [0.15, 0.2) is 48.3 Å². The van der Waals surface area contributed by atoms with Gasteiger partial charge in [-0.3, -0.25) is 4.79 Å². The Morgan fingerprint density at radius 1 is 1.26 bits per heavy atom. The second kappa shape index (κ2) is 7.63. The highest BCUT2D eigenvalue weighted by atomic mass is 35.5. The number of aryl methyl sites for hydroxylation is 1. The Morgan fingerprint density at radius 3 is 2.70 bits per heavy atom. The van der Waals surface area contributed by atoms with Crippen LogP contribution < -0.4 is 10.6 Å². The van der Waals surface area contributed by atoms with Gasteiger partial charge in [-0.2, -0.15) is 5.26 Å². The van der Waals surface area contributed by atoms with Gasteiger partial charge in [-0.15, -0.1) is 0 Å². The fourth-order valence-electron chi connectivity index (χ4n) is 1.68. The van der Waals surface area contributed by atoms with E-state index < -0.39 is 5.91 Å². The van der Waals surface area contributed by atoms with Crippen LogP contribution in [0, 0.1) is 18.3 Å². The molecule has 1 heterocycles. The molecule has 0 fully saturated rings. The molecule has 2 rings (SSSR count). The zero-order valence-corrected chi connectivity index (χ0v) is 13.6. The molecule has 0 aliphatic carbocycles. The molecule has 1 amide bonds. The maximum Gasteiger partial charge on any atom is 0.267 e. The van der Waals surface area contributed by atoms with Crippen molar-refractivity contribution in [3.63, 3.8) is 0 Å². The number of carbonyl (C=O) groups excluding carboxylic acids is 1. The molecular formula is C16H12Cl2N4O. The fourth-order valence-corrected chi connectivity index (χ4v) is 1.98. The lowest BCUT2D eigenvalue weighted by molar-refractivity contribution is -0.112. The molecule has 0 saturated carbocycles. The van der Waals surface area contributed by atoms with E-state index in [0.717, 1.165) is 5.56 Å². The molecule has 2 N–H and O–H groups in total. The summed E-state index contributed by atoms with van der Waals surface area (Å²) in [6.45, 7) is 1.92. The lowest BCUT2D eigenvalue weighted by atomic mass is 10.2. The number of nitriles is 1. The molecule has 0 saturated heterocycles. The van der Waals surface area contributed by atoms with E-state index in [2.05, 4.69) is 15.6 Å². The van der Waals surface area contributed by atoms with Crippen molar-refractivity contribution in [2.75, 3.05) is 10.6 Å². The molecule has 0 unspecified atom stereocenters. The molecule has 0 radical (unpaired) electrons. The van der Waals surface area contributed by atoms with Gasteiger partial charge in [0, 0.05) is 18.1 Å². The quantitative estimate of drug-likeness (QED) is 0.643. The monoisotopic (exact) mass is 346 g/mol. The van der Waals surface area contributed by atoms with Gasteiger partial charge in [0.05, 0.1) is 10.0 Å². The Labute approximate surface area is 143 Å². The largest absolute Gasteiger partial charge is 0.345 e. The summed E-state index contributed by atoms with van der Waals surface area (Å²) in [6.07, 6.45) is 2.93. The summed E-state index contributed by atoms with van der Waals surface area (Å²) >= 11 is 11.7. The molecule has 116 valence electrons. The summed E-state index contributed by atoms with van der Waals surface area (Å²) in [5.74, 6) is -0.0221. The fraction of sp³-hybridized carbons (Fsp3) is 0.0625. The Balaban J connectivity index is 2.10. The number of nitrogens with zero attached hydrogens (tertiary/aromatic N) is 2. The number of carbonyl (C=O) groups is 1. The summed E-state index contributed by atoms with van der Waals surface area (Å²) < 4.78 is 0. The number of hydrogen-bond donors (Lipinski definition) is 2. The molecule has 1 aromatic carbocycles. The van der Waals surface area contributed by atoms with E-state index in [-0.39, 0.29) is 5.57 Å². The number of amides is 1. The standard InChI is InChI=1S/C16H12Cl2N4O/c1-10-4-5-20-15(6-10)21-9-11(8-19)16(23)22-12-2-3-13(17)14(18)7-12/h2-7,9H,1H3,(H,20,21)(H,22,23)/b11-9-. The summed E-state index contributed by atoms with van der Waals surface area (Å²) in [7, 11) is 0. The van der Waals surface area contributed by atoms with E-state index in [0.29, 0.717) is 21.6 Å². The minimum atomic E-state index is -0.564. The van der Waals surface area contributed by atoms with Gasteiger partial charge in [0.1, 0.15) is 17.5 Å². The number of rotatable bonds is 4. The van der Waals surface area contributed by atoms with Gasteiger partial charge in [0.15, 0.2) is 0 Å². The number of aromatic nitrogens is 1. The first-order valence-corrected chi connectivity index (χ1v) is 7.31. The molecule has 7 heteroatoms. The van der Waals surface area contributed by atoms with Crippen molar-refractivity contribution in [3.8, 4) is 6.07 Å². The number of halogens is 2. The van der Waals surface area contributed by atoms with Crippen LogP contribution in [0.25, 0.3) is 0 Å². The second-order valence-electron chi connectivity index (χ2n) is 4.62. The maximum absolute atomic E-state index is 12.1. The third-order valence-electron chi connectivity index (χ3n) is 2.82. The van der Waals surface area contributed by atoms with Crippen LogP contribution in [0.2, 0.25) is 10.0 Å². The average Bonchev–Trinajstić information content (AvgIpc) is 2.51. The molecule has 0 spiro atoms. The highest BCUT2D eigenvalue weighted by Gasteiger charge is 2.10. The Bertz CT molecular complexity index is 812. The van der Waals surface area contributed by atoms with Crippen molar-refractivity contribution >= 4 is 40.6 Å². The van der Waals surface area contributed by atoms with Gasteiger partial charge >= 0.3 is 0 Å². The predicted octanol–water partition coefficient (Wildman–Crippen LogP) is 4.15. The van der Waals surface area contributed by atoms with Crippen molar-refractivity contribution < 1.29 is 4.79 Å². The predicted molar refractivity (Wildman–Crippen MR) is 91.4 cm³/mol. The van der Waals surface area contributed by atoms with Crippen LogP contribution in [0.3, 0.4) is 0 Å². The lowest BCUT2D eigenvalue weighted by Gasteiger charge is -2.06. The Kier molecular flexibility index (Phi) is 5.58. The van der Waals surface area contributed by atoms with Crippen molar-refractivity contribution in [2.24, 2.45) is 0 Å². The van der Waals surface area contributed by atoms with Crippen LogP contribution in [0.4, 0.5) is 11.5 Å². The topological polar surface area (TPSA) is 77.8 Å². The molecule has 0 aliphatic rings. The van der Waals surface area contributed by atoms with Crippen molar-refractivity contribution in [1.82, 2.24) is 4.98 Å². The van der Waals surface area contributed by atoms with E-state index in [1.165, 1.54) is 12.3 Å². The smallest absolute Gasteiger partial charge is 0.267 e. The minimum absolute atomic E-state index is 0.0978. The van der Waals surface area contributed by atoms with Crippen molar-refractivity contribution in [3.05, 3.63) is 63.9 Å². The lowest BCUT2D eigenvalue weighted by Crippen LogP contribution is -2.14. The number of pyridine rings is 1. The van der Waals surface area contributed by atoms with Crippen LogP contribution in [0.5, 0.6) is 0 Å². The summed E-state index contributed by atoms with van der Waals surface area (Å²) in [6, 6.07) is 10.1. The summed E-state index contributed by atoms with van der Waals surface area (Å²) in [5, 5.41) is 15.2. The van der Waals surface area contributed by atoms with Crippen LogP contribution in [-0.4, -0.2) is 10.9 Å². The zero-order chi connectivity index (χ0) is 16.8. The van der Waals surface area contributed by atoms with E-state index in [9.17, 15) is 4.79 Å². The number of nitrogens with one attached hydrogen (secondary N) is 2. The second-order valence-corrected chi connectivity index (χ2v) is 5.43. The molecular weight excluding hydrogens is 335 g/mol. The first-order chi connectivity index (χ1) is 11.0. The molecule has 5 nitrogen and oxygen atoms in total. The molecule has 1 aromatic heterocycles. The summed E-state index contributed by atoms with van der Waals surface area (Å²) in [4.78, 5) is 16.2. The molecule has 2 aromatic rings. The highest BCUT2D eigenvalue weighted by molar-refractivity contribution is 6.42. The average molecular weight is 347 g/mol.